The summed E-state index contributed by atoms with van der Waals surface area (Å²) < 4.78 is 2.08. The lowest BCUT2D eigenvalue weighted by molar-refractivity contribution is -0.128. The van der Waals surface area contributed by atoms with E-state index in [1.807, 2.05) is 24.3 Å². The van der Waals surface area contributed by atoms with Gasteiger partial charge in [0.05, 0.1) is 25.4 Å². The van der Waals surface area contributed by atoms with Gasteiger partial charge in [0, 0.05) is 24.2 Å². The van der Waals surface area contributed by atoms with Crippen molar-refractivity contribution in [1.82, 2.24) is 15.1 Å². The molecule has 0 radical (unpaired) electrons. The summed E-state index contributed by atoms with van der Waals surface area (Å²) >= 11 is 0. The number of aliphatic hydroxyl groups is 1. The van der Waals surface area contributed by atoms with E-state index in [-0.39, 0.29) is 13.0 Å². The fourth-order valence-electron chi connectivity index (χ4n) is 2.77. The second kappa shape index (κ2) is 7.24. The largest absolute Gasteiger partial charge is 0.395 e. The number of fused-ring (bicyclic) bond motifs is 1. The number of aliphatic hydroxyl groups excluding tert-OH is 1. The molecule has 0 fully saturated rings. The minimum Gasteiger partial charge on any atom is -0.395 e. The Morgan fingerprint density at radius 2 is 2.21 bits per heavy atom. The smallest absolute Gasteiger partial charge is 0.247 e. The Balaban J connectivity index is 1.73. The topological polar surface area (TPSA) is 102 Å². The molecule has 0 bridgehead atoms. The molecule has 0 unspecified atom stereocenters. The molecule has 8 nitrogen and oxygen atoms in total. The molecule has 3 rings (SSSR count). The molecule has 2 aromatic rings. The third-order valence-electron chi connectivity index (χ3n) is 3.86. The normalized spacial score (nSPS) is 15.6. The van der Waals surface area contributed by atoms with Gasteiger partial charge in [-0.25, -0.2) is 5.48 Å². The van der Waals surface area contributed by atoms with Crippen molar-refractivity contribution < 1.29 is 15.1 Å². The first-order valence-corrected chi connectivity index (χ1v) is 7.68. The summed E-state index contributed by atoms with van der Waals surface area (Å²) in [4.78, 5) is 11.0. The van der Waals surface area contributed by atoms with Crippen molar-refractivity contribution >= 4 is 16.8 Å². The van der Waals surface area contributed by atoms with Crippen LogP contribution in [0.4, 0.5) is 0 Å². The number of amides is 1. The van der Waals surface area contributed by atoms with Crippen molar-refractivity contribution in [3.8, 4) is 0 Å². The van der Waals surface area contributed by atoms with Gasteiger partial charge in [-0.05, 0) is 23.6 Å². The van der Waals surface area contributed by atoms with Crippen LogP contribution in [0.15, 0.2) is 52.4 Å². The van der Waals surface area contributed by atoms with Gasteiger partial charge < -0.3 is 9.67 Å². The number of aromatic nitrogens is 1. The van der Waals surface area contributed by atoms with Crippen molar-refractivity contribution in [2.24, 2.45) is 10.3 Å². The van der Waals surface area contributed by atoms with Gasteiger partial charge in [0.1, 0.15) is 0 Å². The van der Waals surface area contributed by atoms with E-state index >= 15 is 0 Å². The highest BCUT2D eigenvalue weighted by Gasteiger charge is 2.16. The van der Waals surface area contributed by atoms with Gasteiger partial charge in [-0.15, -0.1) is 5.11 Å². The van der Waals surface area contributed by atoms with E-state index in [4.69, 9.17) is 5.21 Å². The van der Waals surface area contributed by atoms with Gasteiger partial charge in [-0.2, -0.15) is 0 Å². The first kappa shape index (κ1) is 16.2. The van der Waals surface area contributed by atoms with Crippen molar-refractivity contribution in [2.75, 3.05) is 13.2 Å². The number of rotatable bonds is 6. The lowest BCUT2D eigenvalue weighted by Gasteiger charge is -2.14. The molecule has 1 amide bonds. The lowest BCUT2D eigenvalue weighted by Crippen LogP contribution is -2.19. The minimum atomic E-state index is -0.487. The Hall–Kier alpha value is -2.71. The SMILES string of the molecule is O=C(C/C=C1/CN(Cc2cc3ccccc3n2CCO)N=N1)NO. The Kier molecular flexibility index (Phi) is 4.88. The highest BCUT2D eigenvalue weighted by Crippen LogP contribution is 2.23. The number of para-hydroxylation sites is 1. The summed E-state index contributed by atoms with van der Waals surface area (Å²) in [5, 5.41) is 28.9. The summed E-state index contributed by atoms with van der Waals surface area (Å²) in [6, 6.07) is 10.1. The second-order valence-electron chi connectivity index (χ2n) is 5.52. The van der Waals surface area contributed by atoms with Crippen LogP contribution in [0.2, 0.25) is 0 Å². The predicted molar refractivity (Wildman–Crippen MR) is 86.9 cm³/mol. The third-order valence-corrected chi connectivity index (χ3v) is 3.86. The van der Waals surface area contributed by atoms with E-state index in [0.29, 0.717) is 25.3 Å². The first-order chi connectivity index (χ1) is 11.7. The van der Waals surface area contributed by atoms with Crippen LogP contribution in [0.5, 0.6) is 0 Å². The number of nitrogens with one attached hydrogen (secondary N) is 1. The number of hydroxylamine groups is 1. The Morgan fingerprint density at radius 3 is 3.00 bits per heavy atom. The van der Waals surface area contributed by atoms with Crippen LogP contribution in [0, 0.1) is 0 Å². The van der Waals surface area contributed by atoms with E-state index in [9.17, 15) is 9.90 Å². The highest BCUT2D eigenvalue weighted by atomic mass is 16.5. The molecule has 0 aliphatic carbocycles. The van der Waals surface area contributed by atoms with Crippen molar-refractivity contribution in [3.05, 3.63) is 47.8 Å². The van der Waals surface area contributed by atoms with Crippen LogP contribution >= 0.6 is 0 Å². The molecule has 0 saturated carbocycles. The molecular formula is C16H19N5O3. The second-order valence-corrected chi connectivity index (χ2v) is 5.52. The number of benzene rings is 1. The maximum Gasteiger partial charge on any atom is 0.247 e. The molecule has 0 atom stereocenters. The number of carbonyl (C=O) groups excluding carboxylic acids is 1. The Morgan fingerprint density at radius 1 is 1.38 bits per heavy atom. The maximum absolute atomic E-state index is 11.0. The molecule has 24 heavy (non-hydrogen) atoms. The lowest BCUT2D eigenvalue weighted by atomic mass is 10.2. The highest BCUT2D eigenvalue weighted by molar-refractivity contribution is 5.81. The average Bonchev–Trinajstić information content (AvgIpc) is 3.18. The molecule has 0 spiro atoms. The molecular weight excluding hydrogens is 310 g/mol. The molecule has 1 aromatic carbocycles. The standard InChI is InChI=1S/C16H19N5O3/c22-8-7-21-14(9-12-3-1-2-4-15(12)21)11-20-10-13(17-19-20)5-6-16(23)18-24/h1-5,9,22,24H,6-8,10-11H2,(H,18,23)/b13-5-. The number of carbonyl (C=O) groups is 1. The first-order valence-electron chi connectivity index (χ1n) is 7.68. The van der Waals surface area contributed by atoms with Crippen LogP contribution in [-0.2, 0) is 17.9 Å². The zero-order chi connectivity index (χ0) is 16.9. The van der Waals surface area contributed by atoms with Gasteiger partial charge in [-0.1, -0.05) is 23.4 Å². The van der Waals surface area contributed by atoms with Crippen LogP contribution < -0.4 is 5.48 Å². The number of nitrogens with zero attached hydrogens (tertiary/aromatic N) is 4. The number of hydrogen-bond acceptors (Lipinski definition) is 6. The van der Waals surface area contributed by atoms with E-state index in [1.54, 1.807) is 16.6 Å². The maximum atomic E-state index is 11.0. The van der Waals surface area contributed by atoms with Crippen LogP contribution in [-0.4, -0.2) is 38.9 Å². The van der Waals surface area contributed by atoms with Crippen molar-refractivity contribution in [3.63, 3.8) is 0 Å². The molecule has 1 aliphatic rings. The average molecular weight is 329 g/mol. The summed E-state index contributed by atoms with van der Waals surface area (Å²) in [5.41, 5.74) is 4.38. The third kappa shape index (κ3) is 3.44. The van der Waals surface area contributed by atoms with Gasteiger partial charge in [0.15, 0.2) is 0 Å². The van der Waals surface area contributed by atoms with Gasteiger partial charge in [0.25, 0.3) is 0 Å². The summed E-state index contributed by atoms with van der Waals surface area (Å²) in [6.07, 6.45) is 1.70. The van der Waals surface area contributed by atoms with Crippen molar-refractivity contribution in [2.45, 2.75) is 19.5 Å². The molecule has 126 valence electrons. The Labute approximate surface area is 138 Å². The zero-order valence-electron chi connectivity index (χ0n) is 13.1. The van der Waals surface area contributed by atoms with E-state index in [0.717, 1.165) is 16.6 Å². The monoisotopic (exact) mass is 329 g/mol. The summed E-state index contributed by atoms with van der Waals surface area (Å²) in [7, 11) is 0. The van der Waals surface area contributed by atoms with E-state index in [1.165, 1.54) is 0 Å². The molecule has 8 heteroatoms. The van der Waals surface area contributed by atoms with Gasteiger partial charge >= 0.3 is 0 Å². The quantitative estimate of drug-likeness (QED) is 0.553. The molecule has 1 aromatic heterocycles. The summed E-state index contributed by atoms with van der Waals surface area (Å²) in [6.45, 7) is 1.64. The fourth-order valence-corrected chi connectivity index (χ4v) is 2.77. The fraction of sp³-hybridized carbons (Fsp3) is 0.312. The molecule has 0 saturated heterocycles. The summed E-state index contributed by atoms with van der Waals surface area (Å²) in [5.74, 6) is -0.487. The van der Waals surface area contributed by atoms with E-state index < -0.39 is 5.91 Å². The zero-order valence-corrected chi connectivity index (χ0v) is 13.1. The van der Waals surface area contributed by atoms with Gasteiger partial charge in [0.2, 0.25) is 5.91 Å². The molecule has 2 heterocycles. The van der Waals surface area contributed by atoms with Crippen LogP contribution in [0.1, 0.15) is 12.1 Å². The van der Waals surface area contributed by atoms with Crippen molar-refractivity contribution in [1.29, 1.82) is 0 Å². The van der Waals surface area contributed by atoms with Gasteiger partial charge in [-0.3, -0.25) is 15.0 Å². The predicted octanol–water partition coefficient (Wildman–Crippen LogP) is 1.60. The van der Waals surface area contributed by atoms with E-state index in [2.05, 4.69) is 21.0 Å². The van der Waals surface area contributed by atoms with Crippen LogP contribution in [0.3, 0.4) is 0 Å². The molecule has 3 N–H and O–H groups in total. The molecule has 1 aliphatic heterocycles. The minimum absolute atomic E-state index is 0.0590. The van der Waals surface area contributed by atoms with Crippen LogP contribution in [0.25, 0.3) is 10.9 Å². The Bertz CT molecular complexity index is 796. The number of hydrogen-bond donors (Lipinski definition) is 3.